The van der Waals surface area contributed by atoms with E-state index in [1.165, 1.54) is 6.92 Å². The second-order valence-corrected chi connectivity index (χ2v) is 26.4. The Morgan fingerprint density at radius 2 is 1.18 bits per heavy atom. The molecule has 0 aromatic heterocycles. The van der Waals surface area contributed by atoms with Crippen LogP contribution in [-0.4, -0.2) is 227 Å². The first kappa shape index (κ1) is 58.4. The molecular formula is C54H86O23. The summed E-state index contributed by atoms with van der Waals surface area (Å²) in [6.45, 7) is 16.9. The number of carbonyl (C=O) groups is 1. The first-order chi connectivity index (χ1) is 36.0. The Morgan fingerprint density at radius 3 is 1.82 bits per heavy atom. The van der Waals surface area contributed by atoms with Crippen LogP contribution in [-0.2, 0) is 47.4 Å². The van der Waals surface area contributed by atoms with Crippen LogP contribution in [0, 0.1) is 50.2 Å². The van der Waals surface area contributed by atoms with Gasteiger partial charge in [0, 0.05) is 11.3 Å². The molecule has 23 heteroatoms. The maximum atomic E-state index is 12.8. The summed E-state index contributed by atoms with van der Waals surface area (Å²) in [7, 11) is 0. The largest absolute Gasteiger partial charge is 0.491 e. The minimum Gasteiger partial charge on any atom is -0.491 e. The second-order valence-electron chi connectivity index (χ2n) is 26.4. The number of hydrogen-bond acceptors (Lipinski definition) is 22. The molecule has 13 N–H and O–H groups in total. The van der Waals surface area contributed by atoms with Crippen molar-refractivity contribution in [1.29, 1.82) is 0 Å². The molecular weight excluding hydrogens is 1020 g/mol. The maximum absolute atomic E-state index is 12.8. The van der Waals surface area contributed by atoms with Crippen LogP contribution in [0.3, 0.4) is 0 Å². The maximum Gasteiger partial charge on any atom is 0.309 e. The van der Waals surface area contributed by atoms with E-state index >= 15 is 0 Å². The number of ether oxygens (including phenoxy) is 9. The topological polar surface area (TPSA) is 363 Å². The van der Waals surface area contributed by atoms with Crippen LogP contribution >= 0.6 is 0 Å². The number of hydrogen-bond donors (Lipinski definition) is 13. The van der Waals surface area contributed by atoms with E-state index in [-0.39, 0.29) is 28.6 Å². The van der Waals surface area contributed by atoms with Gasteiger partial charge in [0.1, 0.15) is 91.1 Å². The van der Waals surface area contributed by atoms with Gasteiger partial charge in [-0.2, -0.15) is 0 Å². The van der Waals surface area contributed by atoms with Crippen molar-refractivity contribution in [2.75, 3.05) is 19.8 Å². The molecule has 10 rings (SSSR count). The normalized spacial score (nSPS) is 57.2. The highest BCUT2D eigenvalue weighted by molar-refractivity contribution is 5.74. The summed E-state index contributed by atoms with van der Waals surface area (Å²) in [6, 6.07) is 0. The van der Waals surface area contributed by atoms with Gasteiger partial charge >= 0.3 is 5.97 Å². The van der Waals surface area contributed by atoms with E-state index in [9.17, 15) is 71.2 Å². The van der Waals surface area contributed by atoms with Crippen molar-refractivity contribution in [3.05, 3.63) is 12.3 Å². The van der Waals surface area contributed by atoms with Crippen LogP contribution in [0.1, 0.15) is 113 Å². The van der Waals surface area contributed by atoms with Crippen molar-refractivity contribution in [3.63, 3.8) is 0 Å². The average Bonchev–Trinajstić information content (AvgIpc) is 3.40. The smallest absolute Gasteiger partial charge is 0.309 e. The summed E-state index contributed by atoms with van der Waals surface area (Å²) in [4.78, 5) is 12.8. The molecule has 10 fully saturated rings. The van der Waals surface area contributed by atoms with E-state index in [1.54, 1.807) is 0 Å². The van der Waals surface area contributed by atoms with Crippen LogP contribution in [0.2, 0.25) is 0 Å². The van der Waals surface area contributed by atoms with Crippen molar-refractivity contribution in [2.45, 2.75) is 247 Å². The summed E-state index contributed by atoms with van der Waals surface area (Å²) in [6.07, 6.45) is -26.6. The standard InChI is InChI=1S/C54H86O23/c1-22-32(58)36(62)39(65)43(70-22)76-42-38(64)34(60)25(20-56)72-46(42)73-26-21-69-45(41(35(26)61)75-44-40(66)37(63)33(59)24(19-55)71-44)74-31-11-12-50(6)27(48(31,3)4)9-13-51(7)28(50)10-14-54-29-17-49(5,47(67)68)15-16-53(29,23(2)77-54)30(57)18-52(51,54)8/h22,24-46,55-66H,2,9-21H2,1,3-8H3,(H,67,68). The molecule has 5 heterocycles. The van der Waals surface area contributed by atoms with Crippen LogP contribution in [0.15, 0.2) is 12.3 Å². The molecule has 5 aliphatic carbocycles. The van der Waals surface area contributed by atoms with E-state index in [0.717, 1.165) is 19.3 Å². The van der Waals surface area contributed by atoms with Gasteiger partial charge in [0.25, 0.3) is 0 Å². The molecule has 0 aromatic rings. The van der Waals surface area contributed by atoms with E-state index in [1.807, 2.05) is 6.92 Å². The van der Waals surface area contributed by atoms with Crippen LogP contribution in [0.25, 0.3) is 0 Å². The van der Waals surface area contributed by atoms with Gasteiger partial charge in [0.15, 0.2) is 25.2 Å². The predicted molar refractivity (Wildman–Crippen MR) is 261 cm³/mol. The summed E-state index contributed by atoms with van der Waals surface area (Å²) >= 11 is 0. The zero-order chi connectivity index (χ0) is 56.1. The lowest BCUT2D eigenvalue weighted by atomic mass is 9.30. The number of aliphatic carboxylic acids is 1. The lowest BCUT2D eigenvalue weighted by Crippen LogP contribution is -2.74. The number of carboxylic acids is 1. The Morgan fingerprint density at radius 1 is 0.597 bits per heavy atom. The van der Waals surface area contributed by atoms with Gasteiger partial charge in [-0.25, -0.2) is 0 Å². The molecule has 77 heavy (non-hydrogen) atoms. The third-order valence-corrected chi connectivity index (χ3v) is 22.5. The number of rotatable bonds is 11. The van der Waals surface area contributed by atoms with Crippen molar-refractivity contribution in [1.82, 2.24) is 0 Å². The fourth-order valence-electron chi connectivity index (χ4n) is 17.8. The molecule has 2 bridgehead atoms. The molecule has 10 aliphatic rings. The fraction of sp³-hybridized carbons (Fsp3) is 0.944. The van der Waals surface area contributed by atoms with Crippen molar-refractivity contribution < 1.29 is 114 Å². The van der Waals surface area contributed by atoms with Crippen LogP contribution in [0.5, 0.6) is 0 Å². The molecule has 1 spiro atoms. The summed E-state index contributed by atoms with van der Waals surface area (Å²) in [5, 5.41) is 142. The molecule has 0 radical (unpaired) electrons. The molecule has 440 valence electrons. The van der Waals surface area contributed by atoms with Crippen molar-refractivity contribution in [2.24, 2.45) is 50.2 Å². The number of aliphatic hydroxyl groups excluding tert-OH is 12. The molecule has 23 nitrogen and oxygen atoms in total. The highest BCUT2D eigenvalue weighted by Crippen LogP contribution is 2.82. The highest BCUT2D eigenvalue weighted by atomic mass is 16.8. The third-order valence-electron chi connectivity index (χ3n) is 22.5. The summed E-state index contributed by atoms with van der Waals surface area (Å²) < 4.78 is 56.2. The second kappa shape index (κ2) is 20.2. The van der Waals surface area contributed by atoms with Gasteiger partial charge < -0.3 is 109 Å². The van der Waals surface area contributed by atoms with Gasteiger partial charge in [-0.05, 0) is 106 Å². The minimum absolute atomic E-state index is 0.0663. The highest BCUT2D eigenvalue weighted by Gasteiger charge is 2.82. The molecule has 5 aliphatic heterocycles. The molecule has 5 saturated carbocycles. The van der Waals surface area contributed by atoms with E-state index in [2.05, 4.69) is 41.2 Å². The van der Waals surface area contributed by atoms with Crippen molar-refractivity contribution in [3.8, 4) is 0 Å². The SMILES string of the molecule is C=C1OC23CCC4C5(C)CCC(OC6OCC(OC7OC(CO)C(O)C(O)C7OC7OC(C)C(O)C(O)C7O)C(O)C6OC6OC(CO)C(O)C(O)C6O)C(C)(C)C5CCC4(C)C2(C)CC(O)C12CCC(C)(C(=O)O)CC23. The molecule has 5 saturated heterocycles. The Kier molecular flexibility index (Phi) is 15.3. The van der Waals surface area contributed by atoms with Gasteiger partial charge in [-0.3, -0.25) is 4.79 Å². The van der Waals surface area contributed by atoms with Gasteiger partial charge in [0.05, 0.1) is 54.7 Å². The van der Waals surface area contributed by atoms with Gasteiger partial charge in [-0.1, -0.05) is 41.2 Å². The van der Waals surface area contributed by atoms with Gasteiger partial charge in [0.2, 0.25) is 0 Å². The van der Waals surface area contributed by atoms with Crippen molar-refractivity contribution >= 4 is 5.97 Å². The number of fused-ring (bicyclic) bond motifs is 4. The van der Waals surface area contributed by atoms with E-state index < -0.39 is 182 Å². The zero-order valence-electron chi connectivity index (χ0n) is 45.2. The monoisotopic (exact) mass is 1100 g/mol. The lowest BCUT2D eigenvalue weighted by Gasteiger charge is -2.74. The Bertz CT molecular complexity index is 2190. The Hall–Kier alpha value is -1.79. The summed E-state index contributed by atoms with van der Waals surface area (Å²) in [5.41, 5.74) is -4.09. The van der Waals surface area contributed by atoms with Crippen LogP contribution < -0.4 is 0 Å². The Balaban J connectivity index is 0.908. The molecule has 30 unspecified atom stereocenters. The fourth-order valence-corrected chi connectivity index (χ4v) is 17.8. The van der Waals surface area contributed by atoms with E-state index in [4.69, 9.17) is 42.6 Å². The quantitative estimate of drug-likeness (QED) is 0.109. The zero-order valence-corrected chi connectivity index (χ0v) is 45.2. The van der Waals surface area contributed by atoms with E-state index in [0.29, 0.717) is 50.7 Å². The van der Waals surface area contributed by atoms with Gasteiger partial charge in [-0.15, -0.1) is 0 Å². The van der Waals surface area contributed by atoms with Crippen LogP contribution in [0.4, 0.5) is 0 Å². The molecule has 0 amide bonds. The minimum atomic E-state index is -1.91. The summed E-state index contributed by atoms with van der Waals surface area (Å²) in [5.74, 6) is -0.232. The predicted octanol–water partition coefficient (Wildman–Crippen LogP) is -1.11. The first-order valence-electron chi connectivity index (χ1n) is 27.9. The molecule has 30 atom stereocenters. The molecule has 0 aromatic carbocycles. The number of aliphatic hydroxyl groups is 12. The lowest BCUT2D eigenvalue weighted by molar-refractivity contribution is -0.394. The number of carboxylic acid groups (broad SMARTS) is 1. The third kappa shape index (κ3) is 8.51. The Labute approximate surface area is 448 Å². The first-order valence-corrected chi connectivity index (χ1v) is 27.9. The average molecular weight is 1100 g/mol.